The van der Waals surface area contributed by atoms with Gasteiger partial charge >= 0.3 is 0 Å². The number of allylic oxidation sites excluding steroid dienone is 1. The van der Waals surface area contributed by atoms with Crippen molar-refractivity contribution in [3.05, 3.63) is 23.8 Å². The van der Waals surface area contributed by atoms with Gasteiger partial charge in [-0.15, -0.1) is 10.2 Å². The van der Waals surface area contributed by atoms with E-state index >= 15 is 0 Å². The first-order valence-electron chi connectivity index (χ1n) is 8.97. The van der Waals surface area contributed by atoms with Crippen molar-refractivity contribution < 1.29 is 8.42 Å². The summed E-state index contributed by atoms with van der Waals surface area (Å²) >= 11 is 0. The monoisotopic (exact) mass is 367 g/mol. The van der Waals surface area contributed by atoms with E-state index < -0.39 is 9.84 Å². The first-order chi connectivity index (χ1) is 11.8. The van der Waals surface area contributed by atoms with Crippen LogP contribution in [-0.4, -0.2) is 76.2 Å². The molecule has 3 rings (SSSR count). The van der Waals surface area contributed by atoms with Crippen molar-refractivity contribution in [2.24, 2.45) is 0 Å². The second kappa shape index (κ2) is 7.17. The molecule has 1 aromatic rings. The molecule has 140 valence electrons. The zero-order valence-electron chi connectivity index (χ0n) is 15.6. The molecule has 0 saturated carbocycles. The minimum absolute atomic E-state index is 0.0432. The molecular weight excluding hydrogens is 338 g/mol. The predicted molar refractivity (Wildman–Crippen MR) is 98.1 cm³/mol. The van der Waals surface area contributed by atoms with E-state index in [0.29, 0.717) is 12.6 Å². The molecule has 2 aliphatic rings. The van der Waals surface area contributed by atoms with Crippen LogP contribution < -0.4 is 0 Å². The highest BCUT2D eigenvalue weighted by atomic mass is 32.2. The third kappa shape index (κ3) is 4.12. The molecule has 25 heavy (non-hydrogen) atoms. The van der Waals surface area contributed by atoms with Crippen LogP contribution in [0.4, 0.5) is 0 Å². The molecule has 0 N–H and O–H groups in total. The molecule has 8 heteroatoms. The number of fused-ring (bicyclic) bond motifs is 1. The molecule has 0 amide bonds. The minimum Gasteiger partial charge on any atom is -0.314 e. The Morgan fingerprint density at radius 2 is 1.88 bits per heavy atom. The van der Waals surface area contributed by atoms with Crippen LogP contribution in [0.25, 0.3) is 0 Å². The molecule has 3 heterocycles. The van der Waals surface area contributed by atoms with E-state index in [4.69, 9.17) is 0 Å². The van der Waals surface area contributed by atoms with Crippen LogP contribution in [-0.2, 0) is 16.4 Å². The van der Waals surface area contributed by atoms with Gasteiger partial charge in [-0.05, 0) is 27.7 Å². The summed E-state index contributed by atoms with van der Waals surface area (Å²) in [5.74, 6) is 1.43. The highest BCUT2D eigenvalue weighted by Crippen LogP contribution is 2.28. The summed E-state index contributed by atoms with van der Waals surface area (Å²) in [7, 11) is -2.99. The van der Waals surface area contributed by atoms with Crippen LogP contribution in [0.3, 0.4) is 0 Å². The lowest BCUT2D eigenvalue weighted by atomic mass is 10.0. The summed E-state index contributed by atoms with van der Waals surface area (Å²) < 4.78 is 26.7. The van der Waals surface area contributed by atoms with Crippen molar-refractivity contribution in [1.82, 2.24) is 24.6 Å². The van der Waals surface area contributed by atoms with Crippen molar-refractivity contribution in [2.45, 2.75) is 52.4 Å². The molecule has 0 aromatic carbocycles. The summed E-state index contributed by atoms with van der Waals surface area (Å²) in [6, 6.07) is 0.415. The molecule has 2 saturated heterocycles. The van der Waals surface area contributed by atoms with Gasteiger partial charge in [-0.1, -0.05) is 11.6 Å². The van der Waals surface area contributed by atoms with Gasteiger partial charge in [0.15, 0.2) is 9.84 Å². The summed E-state index contributed by atoms with van der Waals surface area (Å²) in [5.41, 5.74) is 1.27. The molecule has 0 radical (unpaired) electrons. The Labute approximate surface area is 150 Å². The maximum Gasteiger partial charge on any atom is 0.153 e. The van der Waals surface area contributed by atoms with Crippen LogP contribution in [0.1, 0.15) is 39.6 Å². The molecule has 0 spiro atoms. The van der Waals surface area contributed by atoms with E-state index in [1.165, 1.54) is 5.57 Å². The highest BCUT2D eigenvalue weighted by Gasteiger charge is 2.46. The van der Waals surface area contributed by atoms with E-state index in [9.17, 15) is 8.42 Å². The Balaban J connectivity index is 1.79. The molecule has 7 nitrogen and oxygen atoms in total. The van der Waals surface area contributed by atoms with Gasteiger partial charge in [0, 0.05) is 37.8 Å². The summed E-state index contributed by atoms with van der Waals surface area (Å²) in [4.78, 5) is 4.61. The van der Waals surface area contributed by atoms with Gasteiger partial charge in [-0.25, -0.2) is 8.42 Å². The molecule has 2 fully saturated rings. The fraction of sp³-hybridized carbons (Fsp3) is 0.765. The Morgan fingerprint density at radius 3 is 2.52 bits per heavy atom. The van der Waals surface area contributed by atoms with Gasteiger partial charge in [0.25, 0.3) is 0 Å². The molecule has 2 atom stereocenters. The Kier molecular flexibility index (Phi) is 5.31. The lowest BCUT2D eigenvalue weighted by molar-refractivity contribution is 0.0451. The van der Waals surface area contributed by atoms with Crippen LogP contribution in [0, 0.1) is 0 Å². The van der Waals surface area contributed by atoms with E-state index in [1.54, 1.807) is 6.33 Å². The molecule has 0 unspecified atom stereocenters. The number of sulfone groups is 1. The van der Waals surface area contributed by atoms with Crippen molar-refractivity contribution in [3.8, 4) is 0 Å². The summed E-state index contributed by atoms with van der Waals surface area (Å²) in [5, 5.41) is 8.30. The Hall–Kier alpha value is -1.25. The van der Waals surface area contributed by atoms with Crippen LogP contribution >= 0.6 is 0 Å². The number of piperazine rings is 1. The largest absolute Gasteiger partial charge is 0.314 e. The third-order valence-electron chi connectivity index (χ3n) is 5.19. The van der Waals surface area contributed by atoms with Crippen molar-refractivity contribution >= 4 is 9.84 Å². The topological polar surface area (TPSA) is 71.3 Å². The van der Waals surface area contributed by atoms with Crippen LogP contribution in [0.2, 0.25) is 0 Å². The average molecular weight is 368 g/mol. The average Bonchev–Trinajstić information content (AvgIpc) is 3.09. The minimum atomic E-state index is -2.99. The zero-order valence-corrected chi connectivity index (χ0v) is 16.4. The smallest absolute Gasteiger partial charge is 0.153 e. The van der Waals surface area contributed by atoms with Crippen LogP contribution in [0.15, 0.2) is 18.0 Å². The zero-order chi connectivity index (χ0) is 18.2. The quantitative estimate of drug-likeness (QED) is 0.726. The fourth-order valence-corrected chi connectivity index (χ4v) is 5.85. The van der Waals surface area contributed by atoms with Crippen LogP contribution in [0.5, 0.6) is 0 Å². The number of rotatable bonds is 5. The van der Waals surface area contributed by atoms with Gasteiger partial charge in [0.05, 0.1) is 18.1 Å². The predicted octanol–water partition coefficient (Wildman–Crippen LogP) is 1.11. The van der Waals surface area contributed by atoms with Gasteiger partial charge in [-0.2, -0.15) is 0 Å². The van der Waals surface area contributed by atoms with Gasteiger partial charge < -0.3 is 4.57 Å². The fourth-order valence-electron chi connectivity index (χ4n) is 3.81. The van der Waals surface area contributed by atoms with E-state index in [2.05, 4.69) is 58.3 Å². The number of aromatic nitrogens is 3. The lowest BCUT2D eigenvalue weighted by Crippen LogP contribution is -2.58. The SMILES string of the molecule is CC(C)=CCN1CCN(Cc2nncn2C(C)C)[C@H]2CS(=O)(=O)C[C@H]21. The van der Waals surface area contributed by atoms with E-state index in [1.807, 2.05) is 0 Å². The summed E-state index contributed by atoms with van der Waals surface area (Å²) in [6.45, 7) is 11.6. The molecule has 1 aromatic heterocycles. The number of hydrogen-bond donors (Lipinski definition) is 0. The Morgan fingerprint density at radius 1 is 1.24 bits per heavy atom. The molecule has 2 aliphatic heterocycles. The van der Waals surface area contributed by atoms with Crippen molar-refractivity contribution in [1.29, 1.82) is 0 Å². The Bertz CT molecular complexity index is 736. The second-order valence-electron chi connectivity index (χ2n) is 7.71. The standard InChI is InChI=1S/C17H29N5O2S/c1-13(2)5-6-20-7-8-21(16-11-25(23,24)10-15(16)20)9-17-19-18-12-22(17)14(3)4/h5,12,14-16H,6-11H2,1-4H3/t15-,16+/m1/s1. The third-order valence-corrected chi connectivity index (χ3v) is 6.89. The maximum absolute atomic E-state index is 12.3. The number of nitrogens with zero attached hydrogens (tertiary/aromatic N) is 5. The summed E-state index contributed by atoms with van der Waals surface area (Å²) in [6.07, 6.45) is 3.95. The normalized spacial score (nSPS) is 26.8. The van der Waals surface area contributed by atoms with Gasteiger partial charge in [0.2, 0.25) is 0 Å². The number of hydrogen-bond acceptors (Lipinski definition) is 6. The molecule has 0 aliphatic carbocycles. The van der Waals surface area contributed by atoms with Crippen molar-refractivity contribution in [2.75, 3.05) is 31.1 Å². The first kappa shape index (κ1) is 18.5. The van der Waals surface area contributed by atoms with Crippen molar-refractivity contribution in [3.63, 3.8) is 0 Å². The van der Waals surface area contributed by atoms with Gasteiger partial charge in [0.1, 0.15) is 12.2 Å². The van der Waals surface area contributed by atoms with Gasteiger partial charge in [-0.3, -0.25) is 9.80 Å². The van der Waals surface area contributed by atoms with E-state index in [-0.39, 0.29) is 23.6 Å². The lowest BCUT2D eigenvalue weighted by Gasteiger charge is -2.43. The van der Waals surface area contributed by atoms with E-state index in [0.717, 1.165) is 25.5 Å². The first-order valence-corrected chi connectivity index (χ1v) is 10.8. The molecule has 0 bridgehead atoms. The highest BCUT2D eigenvalue weighted by molar-refractivity contribution is 7.91. The molecular formula is C17H29N5O2S. The maximum atomic E-state index is 12.3. The second-order valence-corrected chi connectivity index (χ2v) is 9.86.